The highest BCUT2D eigenvalue weighted by atomic mass is 16.5. The van der Waals surface area contributed by atoms with Crippen molar-refractivity contribution in [3.63, 3.8) is 0 Å². The molecule has 1 aliphatic heterocycles. The molecule has 5 nitrogen and oxygen atoms in total. The maximum absolute atomic E-state index is 12.5. The van der Waals surface area contributed by atoms with Crippen LogP contribution in [-0.4, -0.2) is 37.6 Å². The number of methoxy groups -OCH3 is 1. The van der Waals surface area contributed by atoms with Crippen LogP contribution < -0.4 is 10.1 Å². The van der Waals surface area contributed by atoms with E-state index in [1.165, 1.54) is 5.56 Å². The molecular formula is C23H30N2O3. The lowest BCUT2D eigenvalue weighted by Crippen LogP contribution is -2.36. The van der Waals surface area contributed by atoms with Crippen LogP contribution >= 0.6 is 0 Å². The van der Waals surface area contributed by atoms with Crippen molar-refractivity contribution >= 4 is 5.91 Å². The van der Waals surface area contributed by atoms with E-state index < -0.39 is 0 Å². The van der Waals surface area contributed by atoms with E-state index in [2.05, 4.69) is 22.3 Å². The quantitative estimate of drug-likeness (QED) is 0.719. The minimum atomic E-state index is 0.0683. The molecular weight excluding hydrogens is 352 g/mol. The average molecular weight is 383 g/mol. The number of likely N-dealkylation sites (tertiary alicyclic amines) is 1. The van der Waals surface area contributed by atoms with Crippen LogP contribution in [0.5, 0.6) is 5.75 Å². The molecule has 28 heavy (non-hydrogen) atoms. The molecule has 2 aromatic carbocycles. The summed E-state index contributed by atoms with van der Waals surface area (Å²) in [5, 5.41) is 3.04. The summed E-state index contributed by atoms with van der Waals surface area (Å²) in [6.07, 6.45) is 2.20. The topological polar surface area (TPSA) is 50.8 Å². The van der Waals surface area contributed by atoms with Gasteiger partial charge in [-0.05, 0) is 55.1 Å². The second-order valence-corrected chi connectivity index (χ2v) is 7.16. The summed E-state index contributed by atoms with van der Waals surface area (Å²) in [6.45, 7) is 5.20. The smallest absolute Gasteiger partial charge is 0.234 e. The maximum atomic E-state index is 12.5. The molecule has 1 N–H and O–H groups in total. The summed E-state index contributed by atoms with van der Waals surface area (Å²) < 4.78 is 10.6. The highest BCUT2D eigenvalue weighted by molar-refractivity contribution is 5.78. The highest BCUT2D eigenvalue weighted by Gasteiger charge is 2.27. The van der Waals surface area contributed by atoms with Crippen LogP contribution in [0.15, 0.2) is 48.5 Å². The van der Waals surface area contributed by atoms with E-state index >= 15 is 0 Å². The van der Waals surface area contributed by atoms with E-state index in [0.29, 0.717) is 32.3 Å². The third kappa shape index (κ3) is 5.57. The molecule has 1 aliphatic rings. The van der Waals surface area contributed by atoms with Crippen molar-refractivity contribution in [3.05, 3.63) is 65.2 Å². The van der Waals surface area contributed by atoms with Gasteiger partial charge in [-0.25, -0.2) is 0 Å². The molecule has 0 saturated carbocycles. The van der Waals surface area contributed by atoms with Gasteiger partial charge in [0.2, 0.25) is 5.91 Å². The fraction of sp³-hybridized carbons (Fsp3) is 0.435. The molecule has 2 aromatic rings. The molecule has 1 fully saturated rings. The minimum absolute atomic E-state index is 0.0683. The Balaban J connectivity index is 1.51. The summed E-state index contributed by atoms with van der Waals surface area (Å²) in [7, 11) is 1.69. The second-order valence-electron chi connectivity index (χ2n) is 7.16. The van der Waals surface area contributed by atoms with E-state index in [9.17, 15) is 4.79 Å². The third-order valence-electron chi connectivity index (χ3n) is 5.11. The maximum Gasteiger partial charge on any atom is 0.234 e. The molecule has 1 amide bonds. The van der Waals surface area contributed by atoms with Crippen LogP contribution in [0.2, 0.25) is 0 Å². The fourth-order valence-electron chi connectivity index (χ4n) is 3.71. The van der Waals surface area contributed by atoms with Gasteiger partial charge < -0.3 is 14.8 Å². The summed E-state index contributed by atoms with van der Waals surface area (Å²) in [6, 6.07) is 16.7. The van der Waals surface area contributed by atoms with E-state index in [4.69, 9.17) is 9.47 Å². The Bertz CT molecular complexity index is 743. The van der Waals surface area contributed by atoms with Crippen molar-refractivity contribution in [2.45, 2.75) is 39.0 Å². The van der Waals surface area contributed by atoms with Gasteiger partial charge in [-0.2, -0.15) is 0 Å². The van der Waals surface area contributed by atoms with Crippen LogP contribution in [0, 0.1) is 0 Å². The number of hydrogen-bond donors (Lipinski definition) is 1. The monoisotopic (exact) mass is 382 g/mol. The number of ether oxygens (including phenoxy) is 2. The first kappa shape index (κ1) is 20.4. The third-order valence-corrected chi connectivity index (χ3v) is 5.11. The van der Waals surface area contributed by atoms with Crippen LogP contribution in [0.25, 0.3) is 0 Å². The van der Waals surface area contributed by atoms with Crippen molar-refractivity contribution in [2.24, 2.45) is 0 Å². The molecule has 0 aliphatic carbocycles. The lowest BCUT2D eigenvalue weighted by atomic mass is 10.0. The number of nitrogens with zero attached hydrogens (tertiary/aromatic N) is 1. The zero-order valence-electron chi connectivity index (χ0n) is 16.8. The lowest BCUT2D eigenvalue weighted by molar-refractivity contribution is -0.122. The standard InChI is InChI=1S/C23H30N2O3/c1-3-28-21-12-10-20(11-13-21)22-5-4-14-25(22)16-23(26)24-15-18-6-8-19(9-7-18)17-27-2/h6-13,22H,3-5,14-17H2,1-2H3,(H,24,26). The first-order valence-corrected chi connectivity index (χ1v) is 10.00. The van der Waals surface area contributed by atoms with Crippen molar-refractivity contribution in [1.82, 2.24) is 10.2 Å². The average Bonchev–Trinajstić information content (AvgIpc) is 3.16. The molecule has 150 valence electrons. The van der Waals surface area contributed by atoms with Gasteiger partial charge in [0.05, 0.1) is 19.8 Å². The van der Waals surface area contributed by atoms with Gasteiger partial charge in [-0.1, -0.05) is 36.4 Å². The largest absolute Gasteiger partial charge is 0.494 e. The first-order chi connectivity index (χ1) is 13.7. The number of carbonyl (C=O) groups excluding carboxylic acids is 1. The van der Waals surface area contributed by atoms with E-state index in [1.54, 1.807) is 7.11 Å². The van der Waals surface area contributed by atoms with Crippen LogP contribution in [0.3, 0.4) is 0 Å². The van der Waals surface area contributed by atoms with Gasteiger partial charge >= 0.3 is 0 Å². The van der Waals surface area contributed by atoms with Crippen molar-refractivity contribution in [3.8, 4) is 5.75 Å². The number of benzene rings is 2. The molecule has 0 spiro atoms. The second kappa shape index (κ2) is 10.2. The zero-order chi connectivity index (χ0) is 19.8. The summed E-state index contributed by atoms with van der Waals surface area (Å²) in [5.74, 6) is 0.962. The van der Waals surface area contributed by atoms with Crippen LogP contribution in [-0.2, 0) is 22.7 Å². The van der Waals surface area contributed by atoms with E-state index in [-0.39, 0.29) is 5.91 Å². The van der Waals surface area contributed by atoms with Gasteiger partial charge in [0.15, 0.2) is 0 Å². The number of carbonyl (C=O) groups is 1. The number of rotatable bonds is 9. The minimum Gasteiger partial charge on any atom is -0.494 e. The van der Waals surface area contributed by atoms with Gasteiger partial charge in [0.25, 0.3) is 0 Å². The van der Waals surface area contributed by atoms with Crippen LogP contribution in [0.4, 0.5) is 0 Å². The Kier molecular flexibility index (Phi) is 7.46. The predicted octanol–water partition coefficient (Wildman–Crippen LogP) is 3.69. The molecule has 3 rings (SSSR count). The Morgan fingerprint density at radius 1 is 1.11 bits per heavy atom. The van der Waals surface area contributed by atoms with Gasteiger partial charge in [-0.3, -0.25) is 9.69 Å². The molecule has 5 heteroatoms. The number of amides is 1. The molecule has 1 heterocycles. The number of hydrogen-bond acceptors (Lipinski definition) is 4. The van der Waals surface area contributed by atoms with Gasteiger partial charge in [0, 0.05) is 19.7 Å². The SMILES string of the molecule is CCOc1ccc(C2CCCN2CC(=O)NCc2ccc(COC)cc2)cc1. The molecule has 0 bridgehead atoms. The predicted molar refractivity (Wildman–Crippen MR) is 110 cm³/mol. The molecule has 1 unspecified atom stereocenters. The van der Waals surface area contributed by atoms with Gasteiger partial charge in [-0.15, -0.1) is 0 Å². The molecule has 0 radical (unpaired) electrons. The van der Waals surface area contributed by atoms with Crippen molar-refractivity contribution < 1.29 is 14.3 Å². The lowest BCUT2D eigenvalue weighted by Gasteiger charge is -2.24. The van der Waals surface area contributed by atoms with Crippen molar-refractivity contribution in [2.75, 3.05) is 26.8 Å². The number of nitrogens with one attached hydrogen (secondary N) is 1. The summed E-state index contributed by atoms with van der Waals surface area (Å²) >= 11 is 0. The Morgan fingerprint density at radius 2 is 1.82 bits per heavy atom. The normalized spacial score (nSPS) is 16.9. The molecule has 1 atom stereocenters. The Labute approximate surface area is 167 Å². The Hall–Kier alpha value is -2.37. The van der Waals surface area contributed by atoms with E-state index in [0.717, 1.165) is 36.3 Å². The Morgan fingerprint density at radius 3 is 2.50 bits per heavy atom. The van der Waals surface area contributed by atoms with E-state index in [1.807, 2.05) is 43.3 Å². The zero-order valence-corrected chi connectivity index (χ0v) is 16.8. The highest BCUT2D eigenvalue weighted by Crippen LogP contribution is 2.32. The summed E-state index contributed by atoms with van der Waals surface area (Å²) in [5.41, 5.74) is 3.48. The molecule has 0 aromatic heterocycles. The molecule has 1 saturated heterocycles. The van der Waals surface area contributed by atoms with Gasteiger partial charge in [0.1, 0.15) is 5.75 Å². The summed E-state index contributed by atoms with van der Waals surface area (Å²) in [4.78, 5) is 14.7. The van der Waals surface area contributed by atoms with Crippen LogP contribution in [0.1, 0.15) is 42.5 Å². The fourth-order valence-corrected chi connectivity index (χ4v) is 3.71. The van der Waals surface area contributed by atoms with Crippen molar-refractivity contribution in [1.29, 1.82) is 0 Å². The first-order valence-electron chi connectivity index (χ1n) is 10.00.